The van der Waals surface area contributed by atoms with Crippen molar-refractivity contribution in [1.29, 1.82) is 0 Å². The van der Waals surface area contributed by atoms with E-state index in [1.165, 1.54) is 29.0 Å². The van der Waals surface area contributed by atoms with E-state index in [0.29, 0.717) is 31.8 Å². The molecule has 33 heavy (non-hydrogen) atoms. The number of carbonyl (C=O) groups excluding carboxylic acids is 1. The quantitative estimate of drug-likeness (QED) is 0.415. The Hall–Kier alpha value is -3.23. The van der Waals surface area contributed by atoms with E-state index in [0.717, 1.165) is 6.20 Å². The molecule has 0 saturated carbocycles. The fourth-order valence-corrected chi connectivity index (χ4v) is 5.83. The zero-order valence-corrected chi connectivity index (χ0v) is 20.4. The summed E-state index contributed by atoms with van der Waals surface area (Å²) in [5.41, 5.74) is 1.33. The van der Waals surface area contributed by atoms with Gasteiger partial charge in [-0.1, -0.05) is 0 Å². The van der Waals surface area contributed by atoms with Crippen LogP contribution in [0.4, 0.5) is 4.39 Å². The molecule has 11 heteroatoms. The Kier molecular flexibility index (Phi) is 5.76. The average molecular weight is 488 g/mol. The summed E-state index contributed by atoms with van der Waals surface area (Å²) in [5.74, 6) is -0.249. The van der Waals surface area contributed by atoms with Crippen molar-refractivity contribution < 1.29 is 18.5 Å². The third-order valence-electron chi connectivity index (χ3n) is 5.10. The van der Waals surface area contributed by atoms with Gasteiger partial charge in [-0.2, -0.15) is 0 Å². The van der Waals surface area contributed by atoms with Crippen molar-refractivity contribution in [2.75, 3.05) is 20.4 Å². The molecule has 0 fully saturated rings. The summed E-state index contributed by atoms with van der Waals surface area (Å²) in [6.07, 6.45) is 2.71. The van der Waals surface area contributed by atoms with Gasteiger partial charge in [-0.25, -0.2) is 9.37 Å². The van der Waals surface area contributed by atoms with Crippen LogP contribution in [0.25, 0.3) is 21.3 Å². The minimum absolute atomic E-state index is 0.213. The van der Waals surface area contributed by atoms with E-state index in [4.69, 9.17) is 4.74 Å². The first-order valence-corrected chi connectivity index (χ1v) is 13.4. The maximum absolute atomic E-state index is 13.5. The molecule has 0 aliphatic carbocycles. The lowest BCUT2D eigenvalue weighted by molar-refractivity contribution is 0.0959. The van der Waals surface area contributed by atoms with Crippen LogP contribution in [0.1, 0.15) is 16.1 Å². The molecule has 0 unspecified atom stereocenters. The van der Waals surface area contributed by atoms with Crippen LogP contribution in [0.2, 0.25) is 0 Å². The number of thiophene rings is 1. The molecule has 1 amide bonds. The molecular formula is C22H22FN4O4PS. The fourth-order valence-electron chi connectivity index (χ4n) is 3.40. The highest BCUT2D eigenvalue weighted by atomic mass is 32.1. The number of H-pyrrole nitrogens is 1. The molecule has 8 nitrogen and oxygen atoms in total. The Morgan fingerprint density at radius 1 is 1.30 bits per heavy atom. The summed E-state index contributed by atoms with van der Waals surface area (Å²) in [5, 5.41) is 3.07. The van der Waals surface area contributed by atoms with Crippen LogP contribution in [-0.4, -0.2) is 40.8 Å². The van der Waals surface area contributed by atoms with Gasteiger partial charge >= 0.3 is 0 Å². The SMILES string of the molecule is CNC(=O)c1cc2c(-c3sc(P(C)(C)=O)cc3Oc3ncc(F)cc3C)cn(C)c(=O)c2[nH]1. The Bertz CT molecular complexity index is 1510. The number of nitrogens with one attached hydrogen (secondary N) is 2. The number of halogens is 1. The first-order chi connectivity index (χ1) is 15.5. The smallest absolute Gasteiger partial charge is 0.274 e. The number of aromatic nitrogens is 3. The van der Waals surface area contributed by atoms with Gasteiger partial charge in [-0.3, -0.25) is 9.59 Å². The standard InChI is InChI=1S/C22H22FN4O4PS/c1-11-6-12(23)9-25-21(11)31-16-8-17(32(4,5)30)33-19(16)14-10-27(3)22(29)18-13(14)7-15(26-18)20(28)24-2/h6-10,26H,1-5H3,(H,24,28). The lowest BCUT2D eigenvalue weighted by atomic mass is 10.1. The Labute approximate surface area is 192 Å². The maximum Gasteiger partial charge on any atom is 0.274 e. The van der Waals surface area contributed by atoms with Crippen molar-refractivity contribution in [3.63, 3.8) is 0 Å². The van der Waals surface area contributed by atoms with Gasteiger partial charge in [-0.15, -0.1) is 11.3 Å². The predicted octanol–water partition coefficient (Wildman–Crippen LogP) is 3.84. The molecule has 172 valence electrons. The first-order valence-electron chi connectivity index (χ1n) is 9.93. The average Bonchev–Trinajstić information content (AvgIpc) is 3.37. The highest BCUT2D eigenvalue weighted by Crippen LogP contribution is 2.47. The van der Waals surface area contributed by atoms with Crippen LogP contribution in [-0.2, 0) is 11.6 Å². The Balaban J connectivity index is 1.98. The topological polar surface area (TPSA) is 106 Å². The van der Waals surface area contributed by atoms with Crippen LogP contribution in [0, 0.1) is 12.7 Å². The molecule has 0 aliphatic heterocycles. The molecule has 0 radical (unpaired) electrons. The van der Waals surface area contributed by atoms with E-state index < -0.39 is 13.0 Å². The number of hydrogen-bond donors (Lipinski definition) is 2. The molecule has 0 saturated heterocycles. The number of amides is 1. The summed E-state index contributed by atoms with van der Waals surface area (Å²) in [7, 11) is 0.462. The molecular weight excluding hydrogens is 466 g/mol. The van der Waals surface area contributed by atoms with Crippen molar-refractivity contribution in [2.24, 2.45) is 7.05 Å². The second-order valence-corrected chi connectivity index (χ2v) is 12.6. The van der Waals surface area contributed by atoms with Crippen molar-refractivity contribution in [3.8, 4) is 22.1 Å². The summed E-state index contributed by atoms with van der Waals surface area (Å²) in [6, 6.07) is 4.60. The van der Waals surface area contributed by atoms with Crippen molar-refractivity contribution in [1.82, 2.24) is 19.9 Å². The largest absolute Gasteiger partial charge is 0.437 e. The number of rotatable bonds is 5. The number of hydrogen-bond acceptors (Lipinski definition) is 6. The van der Waals surface area contributed by atoms with Gasteiger partial charge in [0.05, 0.1) is 15.7 Å². The third kappa shape index (κ3) is 4.24. The van der Waals surface area contributed by atoms with Crippen LogP contribution >= 0.6 is 18.5 Å². The van der Waals surface area contributed by atoms with Gasteiger partial charge in [0.15, 0.2) is 0 Å². The molecule has 4 heterocycles. The maximum atomic E-state index is 13.5. The molecule has 0 aromatic carbocycles. The molecule has 0 bridgehead atoms. The normalized spacial score (nSPS) is 11.7. The Morgan fingerprint density at radius 3 is 2.67 bits per heavy atom. The van der Waals surface area contributed by atoms with E-state index in [-0.39, 0.29) is 28.6 Å². The number of fused-ring (bicyclic) bond motifs is 1. The number of ether oxygens (including phenoxy) is 1. The summed E-state index contributed by atoms with van der Waals surface area (Å²) >= 11 is 1.28. The lowest BCUT2D eigenvalue weighted by Gasteiger charge is -2.10. The second kappa shape index (κ2) is 8.28. The summed E-state index contributed by atoms with van der Waals surface area (Å²) in [4.78, 5) is 32.5. The highest BCUT2D eigenvalue weighted by molar-refractivity contribution is 7.75. The van der Waals surface area contributed by atoms with E-state index in [1.54, 1.807) is 45.6 Å². The molecule has 0 atom stereocenters. The highest BCUT2D eigenvalue weighted by Gasteiger charge is 2.24. The summed E-state index contributed by atoms with van der Waals surface area (Å²) in [6.45, 7) is 4.99. The van der Waals surface area contributed by atoms with E-state index >= 15 is 0 Å². The van der Waals surface area contributed by atoms with Gasteiger partial charge in [0.1, 0.15) is 29.9 Å². The number of aromatic amines is 1. The van der Waals surface area contributed by atoms with Gasteiger partial charge in [0.25, 0.3) is 11.5 Å². The van der Waals surface area contributed by atoms with Gasteiger partial charge in [0.2, 0.25) is 5.88 Å². The Morgan fingerprint density at radius 2 is 2.03 bits per heavy atom. The van der Waals surface area contributed by atoms with Crippen LogP contribution in [0.15, 0.2) is 35.4 Å². The van der Waals surface area contributed by atoms with E-state index in [2.05, 4.69) is 15.3 Å². The second-order valence-electron chi connectivity index (χ2n) is 8.02. The van der Waals surface area contributed by atoms with E-state index in [1.807, 2.05) is 0 Å². The number of nitrogens with zero attached hydrogens (tertiary/aromatic N) is 2. The van der Waals surface area contributed by atoms with Gasteiger partial charge in [-0.05, 0) is 32.4 Å². The molecule has 4 rings (SSSR count). The fraction of sp³-hybridized carbons (Fsp3) is 0.227. The summed E-state index contributed by atoms with van der Waals surface area (Å²) < 4.78 is 34.5. The van der Waals surface area contributed by atoms with Gasteiger partial charge < -0.3 is 24.2 Å². The number of carbonyl (C=O) groups is 1. The van der Waals surface area contributed by atoms with Gasteiger partial charge in [0, 0.05) is 42.9 Å². The van der Waals surface area contributed by atoms with Crippen LogP contribution in [0.3, 0.4) is 0 Å². The molecule has 0 aliphatic rings. The molecule has 4 aromatic heterocycles. The third-order valence-corrected chi connectivity index (χ3v) is 8.84. The zero-order valence-electron chi connectivity index (χ0n) is 18.6. The first kappa shape index (κ1) is 22.9. The van der Waals surface area contributed by atoms with Crippen molar-refractivity contribution >= 4 is 39.9 Å². The number of pyridine rings is 2. The molecule has 0 spiro atoms. The zero-order chi connectivity index (χ0) is 24.1. The monoisotopic (exact) mass is 488 g/mol. The molecule has 2 N–H and O–H groups in total. The van der Waals surface area contributed by atoms with E-state index in [9.17, 15) is 18.5 Å². The van der Waals surface area contributed by atoms with Crippen molar-refractivity contribution in [2.45, 2.75) is 6.92 Å². The molecule has 4 aromatic rings. The minimum atomic E-state index is -2.65. The van der Waals surface area contributed by atoms with Crippen LogP contribution < -0.4 is 20.2 Å². The number of aryl methyl sites for hydroxylation is 2. The minimum Gasteiger partial charge on any atom is -0.437 e. The van der Waals surface area contributed by atoms with Crippen molar-refractivity contribution in [3.05, 3.63) is 58.0 Å². The van der Waals surface area contributed by atoms with Crippen LogP contribution in [0.5, 0.6) is 11.6 Å². The lowest BCUT2D eigenvalue weighted by Crippen LogP contribution is -2.19. The predicted molar refractivity (Wildman–Crippen MR) is 128 cm³/mol.